The van der Waals surface area contributed by atoms with Crippen molar-refractivity contribution in [3.63, 3.8) is 0 Å². The van der Waals surface area contributed by atoms with Crippen LogP contribution in [0.3, 0.4) is 0 Å². The van der Waals surface area contributed by atoms with Crippen LogP contribution in [0.1, 0.15) is 35.2 Å². The molecule has 1 atom stereocenters. The van der Waals surface area contributed by atoms with E-state index in [0.717, 1.165) is 16.3 Å². The predicted octanol–water partition coefficient (Wildman–Crippen LogP) is 4.08. The van der Waals surface area contributed by atoms with Gasteiger partial charge in [-0.15, -0.1) is 0 Å². The molecule has 1 unspecified atom stereocenters. The van der Waals surface area contributed by atoms with Gasteiger partial charge in [-0.2, -0.15) is 5.26 Å². The molecule has 0 aliphatic carbocycles. The highest BCUT2D eigenvalue weighted by Crippen LogP contribution is 2.43. The van der Waals surface area contributed by atoms with Crippen LogP contribution in [0.2, 0.25) is 0 Å². The summed E-state index contributed by atoms with van der Waals surface area (Å²) >= 11 is 1.50. The Morgan fingerprint density at radius 1 is 1.20 bits per heavy atom. The smallest absolute Gasteiger partial charge is 0.338 e. The first kappa shape index (κ1) is 20.0. The van der Waals surface area contributed by atoms with Crippen LogP contribution in [-0.2, 0) is 9.53 Å². The lowest BCUT2D eigenvalue weighted by molar-refractivity contribution is -0.129. The van der Waals surface area contributed by atoms with Gasteiger partial charge in [-0.05, 0) is 36.8 Å². The quantitative estimate of drug-likeness (QED) is 0.695. The third kappa shape index (κ3) is 3.79. The van der Waals surface area contributed by atoms with Crippen LogP contribution in [-0.4, -0.2) is 35.9 Å². The average molecular weight is 420 g/mol. The second-order valence-electron chi connectivity index (χ2n) is 7.04. The number of hydrogen-bond donors (Lipinski definition) is 0. The number of allylic oxidation sites excluding steroid dienone is 1. The highest BCUT2D eigenvalue weighted by Gasteiger charge is 2.38. The standard InChI is InChI=1S/C23H21N3O3S/c1-2-29-23(28)17-8-10-18(11-9-17)25-14-26-21(27)12-19(16-6-4-3-5-7-16)20(13-24)22(26)30-15-25/h3-11,19H,2,12,14-15H2,1H3. The minimum Gasteiger partial charge on any atom is -0.462 e. The van der Waals surface area contributed by atoms with Crippen molar-refractivity contribution >= 4 is 29.3 Å². The number of ether oxygens (including phenoxy) is 1. The summed E-state index contributed by atoms with van der Waals surface area (Å²) in [4.78, 5) is 28.6. The normalized spacial score (nSPS) is 18.7. The Bertz CT molecular complexity index is 1030. The van der Waals surface area contributed by atoms with E-state index in [0.29, 0.717) is 30.3 Å². The van der Waals surface area contributed by atoms with Crippen molar-refractivity contribution in [3.05, 3.63) is 76.3 Å². The minimum absolute atomic E-state index is 0.0122. The van der Waals surface area contributed by atoms with Crippen LogP contribution in [0, 0.1) is 11.3 Å². The zero-order valence-electron chi connectivity index (χ0n) is 16.6. The van der Waals surface area contributed by atoms with Gasteiger partial charge in [-0.25, -0.2) is 4.79 Å². The molecule has 2 aliphatic heterocycles. The lowest BCUT2D eigenvalue weighted by Gasteiger charge is -2.42. The molecule has 1 amide bonds. The number of benzene rings is 2. The van der Waals surface area contributed by atoms with E-state index in [1.807, 2.05) is 42.5 Å². The summed E-state index contributed by atoms with van der Waals surface area (Å²) in [6, 6.07) is 19.3. The molecule has 4 rings (SSSR count). The second kappa shape index (κ2) is 8.64. The first-order chi connectivity index (χ1) is 14.6. The van der Waals surface area contributed by atoms with Crippen LogP contribution in [0.4, 0.5) is 5.69 Å². The van der Waals surface area contributed by atoms with Gasteiger partial charge < -0.3 is 9.64 Å². The summed E-state index contributed by atoms with van der Waals surface area (Å²) in [5.74, 6) is 0.0834. The second-order valence-corrected chi connectivity index (χ2v) is 7.98. The van der Waals surface area contributed by atoms with Gasteiger partial charge in [0.1, 0.15) is 0 Å². The molecule has 7 heteroatoms. The van der Waals surface area contributed by atoms with Crippen molar-refractivity contribution in [2.24, 2.45) is 0 Å². The van der Waals surface area contributed by atoms with E-state index in [1.54, 1.807) is 24.0 Å². The number of nitrogens with zero attached hydrogens (tertiary/aromatic N) is 3. The van der Waals surface area contributed by atoms with E-state index in [-0.39, 0.29) is 24.2 Å². The Labute approximate surface area is 179 Å². The zero-order chi connectivity index (χ0) is 21.1. The molecule has 152 valence electrons. The molecule has 2 aromatic carbocycles. The van der Waals surface area contributed by atoms with E-state index in [9.17, 15) is 14.9 Å². The van der Waals surface area contributed by atoms with Crippen molar-refractivity contribution in [2.45, 2.75) is 19.3 Å². The van der Waals surface area contributed by atoms with Gasteiger partial charge >= 0.3 is 5.97 Å². The van der Waals surface area contributed by atoms with Crippen LogP contribution in [0.15, 0.2) is 65.2 Å². The number of carbonyl (C=O) groups excluding carboxylic acids is 2. The molecular weight excluding hydrogens is 398 g/mol. The maximum atomic E-state index is 12.9. The van der Waals surface area contributed by atoms with Crippen molar-refractivity contribution in [1.82, 2.24) is 4.90 Å². The van der Waals surface area contributed by atoms with E-state index in [1.165, 1.54) is 11.8 Å². The number of amides is 1. The van der Waals surface area contributed by atoms with E-state index >= 15 is 0 Å². The molecule has 0 saturated carbocycles. The van der Waals surface area contributed by atoms with Gasteiger partial charge in [0.15, 0.2) is 0 Å². The third-order valence-corrected chi connectivity index (χ3v) is 6.39. The van der Waals surface area contributed by atoms with Crippen LogP contribution < -0.4 is 4.90 Å². The molecule has 0 spiro atoms. The van der Waals surface area contributed by atoms with Gasteiger partial charge in [-0.3, -0.25) is 9.69 Å². The molecule has 2 aliphatic rings. The first-order valence-corrected chi connectivity index (χ1v) is 10.8. The summed E-state index contributed by atoms with van der Waals surface area (Å²) in [6.07, 6.45) is 0.284. The molecule has 1 fully saturated rings. The third-order valence-electron chi connectivity index (χ3n) is 5.24. The number of rotatable bonds is 4. The Hall–Kier alpha value is -3.24. The fourth-order valence-corrected chi connectivity index (χ4v) is 4.89. The topological polar surface area (TPSA) is 73.6 Å². The number of fused-ring (bicyclic) bond motifs is 1. The molecule has 1 saturated heterocycles. The Morgan fingerprint density at radius 3 is 2.60 bits per heavy atom. The summed E-state index contributed by atoms with van der Waals surface area (Å²) in [7, 11) is 0. The molecule has 0 radical (unpaired) electrons. The lowest BCUT2D eigenvalue weighted by atomic mass is 9.86. The monoisotopic (exact) mass is 419 g/mol. The highest BCUT2D eigenvalue weighted by molar-refractivity contribution is 8.03. The number of carbonyl (C=O) groups is 2. The summed E-state index contributed by atoms with van der Waals surface area (Å²) in [6.45, 7) is 2.49. The van der Waals surface area contributed by atoms with Crippen LogP contribution >= 0.6 is 11.8 Å². The Balaban J connectivity index is 1.57. The number of hydrogen-bond acceptors (Lipinski definition) is 6. The van der Waals surface area contributed by atoms with Crippen LogP contribution in [0.25, 0.3) is 0 Å². The predicted molar refractivity (Wildman–Crippen MR) is 115 cm³/mol. The molecule has 30 heavy (non-hydrogen) atoms. The fraction of sp³-hybridized carbons (Fsp3) is 0.261. The SMILES string of the molecule is CCOC(=O)c1ccc(N2CSC3=C(C#N)C(c4ccccc4)CC(=O)N3C2)cc1. The highest BCUT2D eigenvalue weighted by atomic mass is 32.2. The molecule has 0 aromatic heterocycles. The first-order valence-electron chi connectivity index (χ1n) is 9.77. The maximum absolute atomic E-state index is 12.9. The summed E-state index contributed by atoms with van der Waals surface area (Å²) in [5.41, 5.74) is 3.05. The number of esters is 1. The van der Waals surface area contributed by atoms with Crippen molar-refractivity contribution in [2.75, 3.05) is 24.1 Å². The number of nitriles is 1. The van der Waals surface area contributed by atoms with Crippen molar-refractivity contribution < 1.29 is 14.3 Å². The maximum Gasteiger partial charge on any atom is 0.338 e. The number of thioether (sulfide) groups is 1. The van der Waals surface area contributed by atoms with E-state index in [2.05, 4.69) is 11.0 Å². The molecule has 2 heterocycles. The van der Waals surface area contributed by atoms with Crippen molar-refractivity contribution in [3.8, 4) is 6.07 Å². The largest absolute Gasteiger partial charge is 0.462 e. The molecule has 0 N–H and O–H groups in total. The van der Waals surface area contributed by atoms with E-state index in [4.69, 9.17) is 4.74 Å². The van der Waals surface area contributed by atoms with Gasteiger partial charge in [0, 0.05) is 18.0 Å². The Morgan fingerprint density at radius 2 is 1.93 bits per heavy atom. The lowest BCUT2D eigenvalue weighted by Crippen LogP contribution is -2.47. The molecule has 6 nitrogen and oxygen atoms in total. The van der Waals surface area contributed by atoms with Crippen molar-refractivity contribution in [1.29, 1.82) is 5.26 Å². The van der Waals surface area contributed by atoms with Gasteiger partial charge in [-0.1, -0.05) is 42.1 Å². The van der Waals surface area contributed by atoms with Gasteiger partial charge in [0.25, 0.3) is 0 Å². The van der Waals surface area contributed by atoms with E-state index < -0.39 is 0 Å². The summed E-state index contributed by atoms with van der Waals surface area (Å²) in [5, 5.41) is 10.6. The van der Waals surface area contributed by atoms with Gasteiger partial charge in [0.2, 0.25) is 5.91 Å². The van der Waals surface area contributed by atoms with Gasteiger partial charge in [0.05, 0.1) is 41.4 Å². The molecular formula is C23H21N3O3S. The number of anilines is 1. The average Bonchev–Trinajstić information content (AvgIpc) is 2.79. The fourth-order valence-electron chi connectivity index (χ4n) is 3.72. The molecule has 2 aromatic rings. The molecule has 0 bridgehead atoms. The zero-order valence-corrected chi connectivity index (χ0v) is 17.4. The Kier molecular flexibility index (Phi) is 5.77. The minimum atomic E-state index is -0.348. The summed E-state index contributed by atoms with van der Waals surface area (Å²) < 4.78 is 5.02. The van der Waals surface area contributed by atoms with Crippen LogP contribution in [0.5, 0.6) is 0 Å².